The van der Waals surface area contributed by atoms with Crippen molar-refractivity contribution in [2.24, 2.45) is 0 Å². The summed E-state index contributed by atoms with van der Waals surface area (Å²) in [7, 11) is 2.18. The summed E-state index contributed by atoms with van der Waals surface area (Å²) in [4.78, 5) is 9.00. The summed E-state index contributed by atoms with van der Waals surface area (Å²) < 4.78 is 1.01. The van der Waals surface area contributed by atoms with Crippen LogP contribution in [0.15, 0.2) is 47.4 Å². The van der Waals surface area contributed by atoms with Gasteiger partial charge in [-0.25, -0.2) is 0 Å². The Morgan fingerprint density at radius 3 is 2.55 bits per heavy atom. The SMILES string of the molecule is CN1CCN(C2(c3ccncc3)C=CC=C(Br)N2)CC1. The summed E-state index contributed by atoms with van der Waals surface area (Å²) in [5.41, 5.74) is 0.941. The summed E-state index contributed by atoms with van der Waals surface area (Å²) in [6.45, 7) is 4.25. The van der Waals surface area contributed by atoms with Crippen LogP contribution in [0.1, 0.15) is 5.56 Å². The molecule has 1 aromatic heterocycles. The van der Waals surface area contributed by atoms with Crippen LogP contribution in [0.4, 0.5) is 0 Å². The average molecular weight is 335 g/mol. The van der Waals surface area contributed by atoms with Crippen molar-refractivity contribution in [3.05, 3.63) is 52.9 Å². The Morgan fingerprint density at radius 1 is 1.20 bits per heavy atom. The molecule has 1 N–H and O–H groups in total. The number of aromatic nitrogens is 1. The number of piperazine rings is 1. The zero-order valence-electron chi connectivity index (χ0n) is 11.6. The molecule has 0 aromatic carbocycles. The van der Waals surface area contributed by atoms with Crippen molar-refractivity contribution in [2.75, 3.05) is 33.2 Å². The zero-order chi connectivity index (χ0) is 14.0. The lowest BCUT2D eigenvalue weighted by Gasteiger charge is -2.47. The van der Waals surface area contributed by atoms with Crippen molar-refractivity contribution in [1.29, 1.82) is 0 Å². The third-order valence-corrected chi connectivity index (χ3v) is 4.48. The average Bonchev–Trinajstić information content (AvgIpc) is 2.49. The number of likely N-dealkylation sites (N-methyl/N-ethyl adjacent to an activating group) is 1. The van der Waals surface area contributed by atoms with E-state index in [1.165, 1.54) is 5.56 Å². The van der Waals surface area contributed by atoms with Gasteiger partial charge in [-0.05, 0) is 52.8 Å². The molecular formula is C15H19BrN4. The molecule has 1 unspecified atom stereocenters. The topological polar surface area (TPSA) is 31.4 Å². The van der Waals surface area contributed by atoms with Crippen LogP contribution in [0, 0.1) is 0 Å². The summed E-state index contributed by atoms with van der Waals surface area (Å²) in [6, 6.07) is 4.17. The molecule has 3 heterocycles. The molecule has 0 saturated carbocycles. The minimum Gasteiger partial charge on any atom is -0.354 e. The van der Waals surface area contributed by atoms with Crippen molar-refractivity contribution < 1.29 is 0 Å². The molecule has 106 valence electrons. The lowest BCUT2D eigenvalue weighted by Crippen LogP contribution is -2.60. The van der Waals surface area contributed by atoms with Crippen molar-refractivity contribution in [2.45, 2.75) is 5.66 Å². The van der Waals surface area contributed by atoms with Crippen molar-refractivity contribution in [1.82, 2.24) is 20.1 Å². The highest BCUT2D eigenvalue weighted by Gasteiger charge is 2.38. The first kappa shape index (κ1) is 13.8. The Labute approximate surface area is 128 Å². The fourth-order valence-electron chi connectivity index (χ4n) is 2.84. The monoisotopic (exact) mass is 334 g/mol. The zero-order valence-corrected chi connectivity index (χ0v) is 13.2. The van der Waals surface area contributed by atoms with E-state index in [1.54, 1.807) is 0 Å². The molecule has 20 heavy (non-hydrogen) atoms. The van der Waals surface area contributed by atoms with Gasteiger partial charge >= 0.3 is 0 Å². The maximum absolute atomic E-state index is 4.14. The smallest absolute Gasteiger partial charge is 0.137 e. The minimum absolute atomic E-state index is 0.280. The number of nitrogens with one attached hydrogen (secondary N) is 1. The van der Waals surface area contributed by atoms with Crippen molar-refractivity contribution in [3.63, 3.8) is 0 Å². The maximum atomic E-state index is 4.14. The van der Waals surface area contributed by atoms with E-state index >= 15 is 0 Å². The summed E-state index contributed by atoms with van der Waals surface area (Å²) in [5, 5.41) is 3.60. The number of rotatable bonds is 2. The van der Waals surface area contributed by atoms with E-state index in [0.717, 1.165) is 30.8 Å². The Bertz CT molecular complexity index is 520. The molecule has 1 atom stereocenters. The van der Waals surface area contributed by atoms with Crippen LogP contribution in [0.25, 0.3) is 0 Å². The molecule has 1 saturated heterocycles. The Kier molecular flexibility index (Phi) is 3.92. The van der Waals surface area contributed by atoms with Crippen LogP contribution in [-0.4, -0.2) is 48.0 Å². The minimum atomic E-state index is -0.280. The number of pyridine rings is 1. The fraction of sp³-hybridized carbons (Fsp3) is 0.400. The predicted octanol–water partition coefficient (Wildman–Crippen LogP) is 1.88. The van der Waals surface area contributed by atoms with E-state index in [2.05, 4.69) is 67.4 Å². The van der Waals surface area contributed by atoms with Gasteiger partial charge in [0.15, 0.2) is 0 Å². The number of dihydropyridines is 1. The molecular weight excluding hydrogens is 316 g/mol. The standard InChI is InChI=1S/C15H19BrN4/c1-19-9-11-20(12-10-19)15(6-2-3-14(16)18-15)13-4-7-17-8-5-13/h2-8,18H,9-12H2,1H3. The molecule has 4 nitrogen and oxygen atoms in total. The van der Waals surface area contributed by atoms with Crippen molar-refractivity contribution in [3.8, 4) is 0 Å². The van der Waals surface area contributed by atoms with Gasteiger partial charge in [0, 0.05) is 38.6 Å². The van der Waals surface area contributed by atoms with Gasteiger partial charge in [-0.2, -0.15) is 0 Å². The normalized spacial score (nSPS) is 28.0. The Morgan fingerprint density at radius 2 is 1.90 bits per heavy atom. The lowest BCUT2D eigenvalue weighted by molar-refractivity contribution is 0.0525. The predicted molar refractivity (Wildman–Crippen MR) is 84.3 cm³/mol. The molecule has 2 aliphatic rings. The van der Waals surface area contributed by atoms with Gasteiger partial charge in [-0.1, -0.05) is 6.08 Å². The first-order valence-electron chi connectivity index (χ1n) is 6.88. The number of hydrogen-bond acceptors (Lipinski definition) is 4. The first-order chi connectivity index (χ1) is 9.71. The van der Waals surface area contributed by atoms with Gasteiger partial charge in [0.25, 0.3) is 0 Å². The van der Waals surface area contributed by atoms with Gasteiger partial charge in [0.05, 0.1) is 4.61 Å². The molecule has 5 heteroatoms. The van der Waals surface area contributed by atoms with E-state index in [-0.39, 0.29) is 5.66 Å². The maximum Gasteiger partial charge on any atom is 0.137 e. The second kappa shape index (κ2) is 5.68. The van der Waals surface area contributed by atoms with Crippen LogP contribution in [0.2, 0.25) is 0 Å². The number of nitrogens with zero attached hydrogens (tertiary/aromatic N) is 3. The quantitative estimate of drug-likeness (QED) is 0.837. The van der Waals surface area contributed by atoms with Gasteiger partial charge < -0.3 is 10.2 Å². The number of allylic oxidation sites excluding steroid dienone is 2. The van der Waals surface area contributed by atoms with Gasteiger partial charge in [-0.15, -0.1) is 0 Å². The van der Waals surface area contributed by atoms with Crippen LogP contribution in [0.5, 0.6) is 0 Å². The second-order valence-corrected chi connectivity index (χ2v) is 6.15. The highest BCUT2D eigenvalue weighted by Crippen LogP contribution is 2.32. The molecule has 0 radical (unpaired) electrons. The van der Waals surface area contributed by atoms with Gasteiger partial charge in [0.1, 0.15) is 5.66 Å². The number of hydrogen-bond donors (Lipinski definition) is 1. The summed E-state index contributed by atoms with van der Waals surface area (Å²) in [6.07, 6.45) is 10.1. The van der Waals surface area contributed by atoms with Crippen LogP contribution < -0.4 is 5.32 Å². The second-order valence-electron chi connectivity index (χ2n) is 5.29. The highest BCUT2D eigenvalue weighted by atomic mass is 79.9. The summed E-state index contributed by atoms with van der Waals surface area (Å²) in [5.74, 6) is 0. The van der Waals surface area contributed by atoms with Gasteiger partial charge in [-0.3, -0.25) is 9.88 Å². The lowest BCUT2D eigenvalue weighted by atomic mass is 9.95. The summed E-state index contributed by atoms with van der Waals surface area (Å²) >= 11 is 3.59. The molecule has 0 spiro atoms. The molecule has 2 aliphatic heterocycles. The Hall–Kier alpha value is -1.17. The Balaban J connectivity index is 1.97. The molecule has 1 fully saturated rings. The molecule has 0 bridgehead atoms. The van der Waals surface area contributed by atoms with E-state index in [0.29, 0.717) is 0 Å². The molecule has 0 aliphatic carbocycles. The fourth-order valence-corrected chi connectivity index (χ4v) is 3.29. The third kappa shape index (κ3) is 2.53. The highest BCUT2D eigenvalue weighted by molar-refractivity contribution is 9.11. The third-order valence-electron chi connectivity index (χ3n) is 4.01. The van der Waals surface area contributed by atoms with E-state index < -0.39 is 0 Å². The van der Waals surface area contributed by atoms with Gasteiger partial charge in [0.2, 0.25) is 0 Å². The first-order valence-corrected chi connectivity index (χ1v) is 7.67. The largest absolute Gasteiger partial charge is 0.354 e. The number of halogens is 1. The van der Waals surface area contributed by atoms with E-state index in [9.17, 15) is 0 Å². The molecule has 3 rings (SSSR count). The molecule has 1 aromatic rings. The van der Waals surface area contributed by atoms with Crippen LogP contribution >= 0.6 is 15.9 Å². The van der Waals surface area contributed by atoms with Crippen molar-refractivity contribution >= 4 is 15.9 Å². The van der Waals surface area contributed by atoms with E-state index in [1.807, 2.05) is 18.5 Å². The van der Waals surface area contributed by atoms with E-state index in [4.69, 9.17) is 0 Å². The van der Waals surface area contributed by atoms with Crippen LogP contribution in [0.3, 0.4) is 0 Å². The van der Waals surface area contributed by atoms with Crippen LogP contribution in [-0.2, 0) is 5.66 Å². The molecule has 0 amide bonds.